The molecule has 0 aliphatic rings. The summed E-state index contributed by atoms with van der Waals surface area (Å²) in [6.45, 7) is 7.26. The van der Waals surface area contributed by atoms with Gasteiger partial charge in [0.2, 0.25) is 5.89 Å². The number of hydrogen-bond acceptors (Lipinski definition) is 4. The van der Waals surface area contributed by atoms with Crippen molar-refractivity contribution in [2.75, 3.05) is 0 Å². The van der Waals surface area contributed by atoms with Crippen molar-refractivity contribution < 1.29 is 14.2 Å². The Hall–Kier alpha value is -3.15. The summed E-state index contributed by atoms with van der Waals surface area (Å²) in [5.41, 5.74) is 1.81. The molecule has 0 atom stereocenters. The van der Waals surface area contributed by atoms with E-state index in [-0.39, 0.29) is 0 Å². The number of rotatable bonds is 5. The lowest BCUT2D eigenvalue weighted by Gasteiger charge is -2.37. The van der Waals surface area contributed by atoms with Crippen molar-refractivity contribution in [3.8, 4) is 11.5 Å². The zero-order chi connectivity index (χ0) is 22.5. The molecule has 0 saturated carbocycles. The molecule has 5 rings (SSSR count). The average molecular weight is 422 g/mol. The van der Waals surface area contributed by atoms with Gasteiger partial charge >= 0.3 is 7.48 Å². The van der Waals surface area contributed by atoms with Crippen LogP contribution in [0.15, 0.2) is 77.2 Å². The highest BCUT2D eigenvalue weighted by molar-refractivity contribution is 6.48. The van der Waals surface area contributed by atoms with Crippen molar-refractivity contribution in [1.82, 2.24) is 4.98 Å². The number of aliphatic hydroxyl groups is 1. The molecule has 0 aliphatic carbocycles. The van der Waals surface area contributed by atoms with Crippen LogP contribution >= 0.6 is 0 Å². The van der Waals surface area contributed by atoms with Crippen molar-refractivity contribution >= 4 is 45.6 Å². The molecule has 159 valence electrons. The Balaban J connectivity index is 1.66. The van der Waals surface area contributed by atoms with Crippen LogP contribution < -0.4 is 5.46 Å². The first-order valence-corrected chi connectivity index (χ1v) is 10.8. The van der Waals surface area contributed by atoms with Crippen LogP contribution in [0.25, 0.3) is 44.1 Å². The maximum absolute atomic E-state index is 10.4. The molecule has 0 amide bonds. The Labute approximate surface area is 188 Å². The summed E-state index contributed by atoms with van der Waals surface area (Å²) >= 11 is 0. The Morgan fingerprint density at radius 2 is 1.50 bits per heavy atom. The third-order valence-electron chi connectivity index (χ3n) is 6.37. The summed E-state index contributed by atoms with van der Waals surface area (Å²) in [6.07, 6.45) is 0. The van der Waals surface area contributed by atoms with Gasteiger partial charge in [0.15, 0.2) is 5.58 Å². The van der Waals surface area contributed by atoms with E-state index in [1.165, 1.54) is 0 Å². The summed E-state index contributed by atoms with van der Waals surface area (Å²) in [7, 11) is 1.72. The molecule has 32 heavy (non-hydrogen) atoms. The number of benzene rings is 4. The molecule has 1 radical (unpaired) electrons. The van der Waals surface area contributed by atoms with Gasteiger partial charge in [-0.3, -0.25) is 0 Å². The molecule has 4 aromatic carbocycles. The summed E-state index contributed by atoms with van der Waals surface area (Å²) in [6, 6.07) is 24.4. The summed E-state index contributed by atoms with van der Waals surface area (Å²) in [5, 5.41) is 14.6. The quantitative estimate of drug-likeness (QED) is 0.295. The summed E-state index contributed by atoms with van der Waals surface area (Å²) in [5.74, 6) is 0.615. The topological polar surface area (TPSA) is 55.5 Å². The van der Waals surface area contributed by atoms with Crippen molar-refractivity contribution in [3.63, 3.8) is 0 Å². The maximum Gasteiger partial charge on any atom is 0.330 e. The summed E-state index contributed by atoms with van der Waals surface area (Å²) < 4.78 is 12.2. The smallest absolute Gasteiger partial charge is 0.330 e. The van der Waals surface area contributed by atoms with Gasteiger partial charge in [0.25, 0.3) is 0 Å². The van der Waals surface area contributed by atoms with Crippen LogP contribution in [0.1, 0.15) is 27.7 Å². The monoisotopic (exact) mass is 422 g/mol. The van der Waals surface area contributed by atoms with E-state index in [1.807, 2.05) is 62.4 Å². The Bertz CT molecular complexity index is 1430. The van der Waals surface area contributed by atoms with E-state index < -0.39 is 11.2 Å². The van der Waals surface area contributed by atoms with Gasteiger partial charge in [0.05, 0.1) is 11.2 Å². The fourth-order valence-electron chi connectivity index (χ4n) is 3.73. The van der Waals surface area contributed by atoms with E-state index in [0.29, 0.717) is 5.89 Å². The lowest BCUT2D eigenvalue weighted by Crippen LogP contribution is -2.49. The minimum Gasteiger partial charge on any atom is -0.435 e. The van der Waals surface area contributed by atoms with Crippen LogP contribution in [-0.4, -0.2) is 28.8 Å². The van der Waals surface area contributed by atoms with Crippen LogP contribution in [0.2, 0.25) is 0 Å². The van der Waals surface area contributed by atoms with E-state index in [9.17, 15) is 5.11 Å². The Kier molecular flexibility index (Phi) is 4.84. The maximum atomic E-state index is 10.4. The molecule has 1 aromatic heterocycles. The van der Waals surface area contributed by atoms with Crippen molar-refractivity contribution in [1.29, 1.82) is 0 Å². The standard InChI is InChI=1S/C27H25BNO3/c1-26(2,30)27(3,4)32-28-18-14-15-20-22(16-18)19-12-8-9-13-21(19)24-23(20)29-25(31-24)17-10-6-5-7-11-17/h5-16,30H,1-4H3. The molecule has 5 aromatic rings. The van der Waals surface area contributed by atoms with Gasteiger partial charge in [-0.25, -0.2) is 4.98 Å². The lowest BCUT2D eigenvalue weighted by molar-refractivity contribution is -0.0893. The molecule has 4 nitrogen and oxygen atoms in total. The molecule has 1 heterocycles. The first-order valence-electron chi connectivity index (χ1n) is 10.8. The third-order valence-corrected chi connectivity index (χ3v) is 6.37. The zero-order valence-electron chi connectivity index (χ0n) is 18.7. The molecule has 0 aliphatic heterocycles. The third kappa shape index (κ3) is 3.48. The molecule has 0 fully saturated rings. The van der Waals surface area contributed by atoms with Gasteiger partial charge in [0.1, 0.15) is 5.52 Å². The molecular weight excluding hydrogens is 397 g/mol. The van der Waals surface area contributed by atoms with Crippen molar-refractivity contribution in [2.24, 2.45) is 0 Å². The number of fused-ring (bicyclic) bond motifs is 6. The van der Waals surface area contributed by atoms with E-state index in [4.69, 9.17) is 14.1 Å². The van der Waals surface area contributed by atoms with E-state index in [0.717, 1.165) is 43.7 Å². The normalized spacial score (nSPS) is 12.7. The van der Waals surface area contributed by atoms with Crippen LogP contribution in [0, 0.1) is 0 Å². The van der Waals surface area contributed by atoms with Gasteiger partial charge in [0, 0.05) is 16.3 Å². The second kappa shape index (κ2) is 7.47. The minimum absolute atomic E-state index is 0.615. The Morgan fingerprint density at radius 3 is 2.22 bits per heavy atom. The minimum atomic E-state index is -0.978. The predicted octanol–water partition coefficient (Wildman–Crippen LogP) is 5.61. The van der Waals surface area contributed by atoms with Crippen LogP contribution in [0.5, 0.6) is 0 Å². The zero-order valence-corrected chi connectivity index (χ0v) is 18.7. The molecule has 0 spiro atoms. The highest BCUT2D eigenvalue weighted by atomic mass is 16.5. The fraction of sp³-hybridized carbons (Fsp3) is 0.222. The van der Waals surface area contributed by atoms with Gasteiger partial charge in [-0.15, -0.1) is 0 Å². The molecule has 1 N–H and O–H groups in total. The predicted molar refractivity (Wildman–Crippen MR) is 131 cm³/mol. The largest absolute Gasteiger partial charge is 0.435 e. The van der Waals surface area contributed by atoms with Crippen molar-refractivity contribution in [3.05, 3.63) is 72.8 Å². The van der Waals surface area contributed by atoms with Crippen molar-refractivity contribution in [2.45, 2.75) is 38.9 Å². The van der Waals surface area contributed by atoms with E-state index in [1.54, 1.807) is 21.3 Å². The Morgan fingerprint density at radius 1 is 0.812 bits per heavy atom. The molecule has 0 saturated heterocycles. The molecular formula is C27H25BNO3. The second-order valence-corrected chi connectivity index (χ2v) is 9.22. The first kappa shape index (κ1) is 20.7. The van der Waals surface area contributed by atoms with E-state index >= 15 is 0 Å². The molecule has 5 heteroatoms. The SMILES string of the molecule is CC(C)(O)C(C)(C)O[B]c1ccc2c(c1)c1ccccc1c1oc(-c3ccccc3)nc21. The van der Waals surface area contributed by atoms with Crippen LogP contribution in [-0.2, 0) is 4.65 Å². The highest BCUT2D eigenvalue weighted by Crippen LogP contribution is 2.36. The lowest BCUT2D eigenvalue weighted by atomic mass is 9.81. The highest BCUT2D eigenvalue weighted by Gasteiger charge is 2.35. The van der Waals surface area contributed by atoms with Crippen LogP contribution in [0.4, 0.5) is 0 Å². The van der Waals surface area contributed by atoms with E-state index in [2.05, 4.69) is 24.3 Å². The molecule has 0 unspecified atom stereocenters. The number of aromatic nitrogens is 1. The van der Waals surface area contributed by atoms with Gasteiger partial charge < -0.3 is 14.2 Å². The number of oxazole rings is 1. The fourth-order valence-corrected chi connectivity index (χ4v) is 3.73. The van der Waals surface area contributed by atoms with Gasteiger partial charge in [-0.1, -0.05) is 66.1 Å². The van der Waals surface area contributed by atoms with Gasteiger partial charge in [-0.2, -0.15) is 0 Å². The van der Waals surface area contributed by atoms with Gasteiger partial charge in [-0.05, 0) is 50.6 Å². The first-order chi connectivity index (χ1) is 15.2. The second-order valence-electron chi connectivity index (χ2n) is 9.22. The average Bonchev–Trinajstić information content (AvgIpc) is 3.23. The number of nitrogens with zero attached hydrogens (tertiary/aromatic N) is 1. The van der Waals surface area contributed by atoms with Crippen LogP contribution in [0.3, 0.4) is 0 Å². The molecule has 0 bridgehead atoms. The summed E-state index contributed by atoms with van der Waals surface area (Å²) in [4.78, 5) is 4.87. The number of hydrogen-bond donors (Lipinski definition) is 1.